The first-order chi connectivity index (χ1) is 9.47. The molecule has 0 atom stereocenters. The molecule has 5 heteroatoms. The van der Waals surface area contributed by atoms with Gasteiger partial charge in [0, 0.05) is 11.6 Å². The van der Waals surface area contributed by atoms with Gasteiger partial charge in [-0.2, -0.15) is 0 Å². The first-order valence-electron chi connectivity index (χ1n) is 5.83. The number of rotatable bonds is 6. The molecule has 0 saturated heterocycles. The van der Waals surface area contributed by atoms with Crippen LogP contribution in [0.25, 0.3) is 0 Å². The standard InChI is InChI=1S/C12H14O3.C3H4O2/c1-10(2)12(13)15-9-8-14-11-6-4-3-5-7-11;1-2-3(4)5/h3-7H,1,8-9H2,2H3;2H,1H2,(H,4,5). The highest BCUT2D eigenvalue weighted by molar-refractivity contribution is 5.86. The maximum atomic E-state index is 11.0. The molecule has 108 valence electrons. The lowest BCUT2D eigenvalue weighted by atomic mass is 10.3. The fourth-order valence-electron chi connectivity index (χ4n) is 0.934. The summed E-state index contributed by atoms with van der Waals surface area (Å²) in [5.74, 6) is -0.597. The summed E-state index contributed by atoms with van der Waals surface area (Å²) in [6, 6.07) is 9.37. The van der Waals surface area contributed by atoms with E-state index in [2.05, 4.69) is 13.2 Å². The van der Waals surface area contributed by atoms with Gasteiger partial charge < -0.3 is 14.6 Å². The highest BCUT2D eigenvalue weighted by Crippen LogP contribution is 2.07. The molecular formula is C15H18O5. The van der Waals surface area contributed by atoms with Crippen molar-refractivity contribution in [2.75, 3.05) is 13.2 Å². The summed E-state index contributed by atoms with van der Waals surface area (Å²) in [6.45, 7) is 8.64. The van der Waals surface area contributed by atoms with Crippen LogP contribution in [0, 0.1) is 0 Å². The smallest absolute Gasteiger partial charge is 0.333 e. The van der Waals surface area contributed by atoms with Gasteiger partial charge in [0.15, 0.2) is 0 Å². The molecule has 0 fully saturated rings. The number of carboxylic acids is 1. The number of benzene rings is 1. The molecule has 0 aliphatic rings. The molecule has 0 bridgehead atoms. The third kappa shape index (κ3) is 9.47. The lowest BCUT2D eigenvalue weighted by Crippen LogP contribution is -2.12. The number of esters is 1. The van der Waals surface area contributed by atoms with Crippen LogP contribution in [0.4, 0.5) is 0 Å². The lowest BCUT2D eigenvalue weighted by molar-refractivity contribution is -0.139. The Bertz CT molecular complexity index is 451. The molecule has 0 unspecified atom stereocenters. The molecular weight excluding hydrogens is 260 g/mol. The average Bonchev–Trinajstić information content (AvgIpc) is 2.45. The number of ether oxygens (including phenoxy) is 2. The van der Waals surface area contributed by atoms with Crippen LogP contribution in [0.3, 0.4) is 0 Å². The molecule has 0 heterocycles. The molecule has 0 aromatic heterocycles. The average molecular weight is 278 g/mol. The van der Waals surface area contributed by atoms with Gasteiger partial charge in [0.1, 0.15) is 19.0 Å². The fourth-order valence-corrected chi connectivity index (χ4v) is 0.934. The Morgan fingerprint density at radius 2 is 1.80 bits per heavy atom. The van der Waals surface area contributed by atoms with Crippen LogP contribution in [0.5, 0.6) is 5.75 Å². The molecule has 0 saturated carbocycles. The number of aliphatic carboxylic acids is 1. The molecule has 0 amide bonds. The van der Waals surface area contributed by atoms with Crippen LogP contribution in [-0.2, 0) is 14.3 Å². The minimum absolute atomic E-state index is 0.237. The van der Waals surface area contributed by atoms with E-state index in [1.807, 2.05) is 30.3 Å². The van der Waals surface area contributed by atoms with Gasteiger partial charge in [-0.25, -0.2) is 9.59 Å². The highest BCUT2D eigenvalue weighted by atomic mass is 16.6. The second-order valence-electron chi connectivity index (χ2n) is 3.62. The SMILES string of the molecule is C=C(C)C(=O)OCCOc1ccccc1.C=CC(=O)O. The van der Waals surface area contributed by atoms with Gasteiger partial charge in [0.25, 0.3) is 0 Å². The minimum Gasteiger partial charge on any atom is -0.490 e. The van der Waals surface area contributed by atoms with Crippen molar-refractivity contribution in [3.63, 3.8) is 0 Å². The van der Waals surface area contributed by atoms with Gasteiger partial charge in [-0.1, -0.05) is 31.4 Å². The van der Waals surface area contributed by atoms with Crippen LogP contribution >= 0.6 is 0 Å². The third-order valence-corrected chi connectivity index (χ3v) is 1.85. The van der Waals surface area contributed by atoms with Crippen LogP contribution in [0.15, 0.2) is 55.1 Å². The second kappa shape index (κ2) is 10.4. The second-order valence-corrected chi connectivity index (χ2v) is 3.62. The number of para-hydroxylation sites is 1. The summed E-state index contributed by atoms with van der Waals surface area (Å²) < 4.78 is 10.2. The van der Waals surface area contributed by atoms with Crippen LogP contribution in [-0.4, -0.2) is 30.3 Å². The van der Waals surface area contributed by atoms with E-state index >= 15 is 0 Å². The van der Waals surface area contributed by atoms with E-state index in [0.717, 1.165) is 11.8 Å². The van der Waals surface area contributed by atoms with Gasteiger partial charge >= 0.3 is 11.9 Å². The molecule has 20 heavy (non-hydrogen) atoms. The Balaban J connectivity index is 0.000000621. The summed E-state index contributed by atoms with van der Waals surface area (Å²) in [5.41, 5.74) is 0.398. The van der Waals surface area contributed by atoms with Gasteiger partial charge in [-0.3, -0.25) is 0 Å². The van der Waals surface area contributed by atoms with Crippen LogP contribution < -0.4 is 4.74 Å². The van der Waals surface area contributed by atoms with Crippen molar-refractivity contribution in [2.45, 2.75) is 6.92 Å². The monoisotopic (exact) mass is 278 g/mol. The number of hydrogen-bond donors (Lipinski definition) is 1. The number of carbonyl (C=O) groups is 2. The predicted molar refractivity (Wildman–Crippen MR) is 75.5 cm³/mol. The predicted octanol–water partition coefficient (Wildman–Crippen LogP) is 2.44. The van der Waals surface area contributed by atoms with E-state index in [0.29, 0.717) is 12.2 Å². The zero-order valence-electron chi connectivity index (χ0n) is 11.4. The van der Waals surface area contributed by atoms with E-state index in [-0.39, 0.29) is 12.6 Å². The summed E-state index contributed by atoms with van der Waals surface area (Å²) in [7, 11) is 0. The van der Waals surface area contributed by atoms with E-state index in [4.69, 9.17) is 14.6 Å². The van der Waals surface area contributed by atoms with E-state index < -0.39 is 5.97 Å². The normalized spacial score (nSPS) is 8.65. The number of carbonyl (C=O) groups excluding carboxylic acids is 1. The lowest BCUT2D eigenvalue weighted by Gasteiger charge is -2.06. The molecule has 1 rings (SSSR count). The van der Waals surface area contributed by atoms with Gasteiger partial charge in [-0.15, -0.1) is 0 Å². The Hall–Kier alpha value is -2.56. The third-order valence-electron chi connectivity index (χ3n) is 1.85. The first-order valence-corrected chi connectivity index (χ1v) is 5.83. The molecule has 5 nitrogen and oxygen atoms in total. The Kier molecular flexibility index (Phi) is 9.04. The van der Waals surface area contributed by atoms with Crippen LogP contribution in [0.2, 0.25) is 0 Å². The molecule has 0 radical (unpaired) electrons. The van der Waals surface area contributed by atoms with E-state index in [9.17, 15) is 9.59 Å². The first kappa shape index (κ1) is 17.4. The van der Waals surface area contributed by atoms with Gasteiger partial charge in [0.05, 0.1) is 0 Å². The Morgan fingerprint density at radius 3 is 2.25 bits per heavy atom. The van der Waals surface area contributed by atoms with Crippen LogP contribution in [0.1, 0.15) is 6.92 Å². The van der Waals surface area contributed by atoms with Crippen molar-refractivity contribution in [3.05, 3.63) is 55.1 Å². The van der Waals surface area contributed by atoms with Crippen molar-refractivity contribution >= 4 is 11.9 Å². The van der Waals surface area contributed by atoms with Gasteiger partial charge in [-0.05, 0) is 19.1 Å². The highest BCUT2D eigenvalue weighted by Gasteiger charge is 2.01. The topological polar surface area (TPSA) is 72.8 Å². The molecule has 0 spiro atoms. The fraction of sp³-hybridized carbons (Fsp3) is 0.200. The summed E-state index contributed by atoms with van der Waals surface area (Å²) >= 11 is 0. The van der Waals surface area contributed by atoms with Crippen molar-refractivity contribution in [1.82, 2.24) is 0 Å². The quantitative estimate of drug-likeness (QED) is 0.491. The molecule has 1 N–H and O–H groups in total. The molecule has 1 aromatic carbocycles. The maximum absolute atomic E-state index is 11.0. The summed E-state index contributed by atoms with van der Waals surface area (Å²) in [4.78, 5) is 20.2. The largest absolute Gasteiger partial charge is 0.490 e. The summed E-state index contributed by atoms with van der Waals surface area (Å²) in [5, 5.41) is 7.60. The van der Waals surface area contributed by atoms with E-state index in [1.165, 1.54) is 0 Å². The Morgan fingerprint density at radius 1 is 1.25 bits per heavy atom. The van der Waals surface area contributed by atoms with E-state index in [1.54, 1.807) is 6.92 Å². The minimum atomic E-state index is -0.981. The van der Waals surface area contributed by atoms with Crippen molar-refractivity contribution in [2.24, 2.45) is 0 Å². The van der Waals surface area contributed by atoms with Gasteiger partial charge in [0.2, 0.25) is 0 Å². The van der Waals surface area contributed by atoms with Crippen molar-refractivity contribution in [3.8, 4) is 5.75 Å². The zero-order valence-corrected chi connectivity index (χ0v) is 11.4. The maximum Gasteiger partial charge on any atom is 0.333 e. The van der Waals surface area contributed by atoms with Crippen molar-refractivity contribution in [1.29, 1.82) is 0 Å². The summed E-state index contributed by atoms with van der Waals surface area (Å²) in [6.07, 6.45) is 0.833. The molecule has 0 aliphatic carbocycles. The molecule has 0 aliphatic heterocycles. The number of hydrogen-bond acceptors (Lipinski definition) is 4. The zero-order chi connectivity index (χ0) is 15.4. The number of carboxylic acid groups (broad SMARTS) is 1. The Labute approximate surface area is 118 Å². The molecule has 1 aromatic rings. The van der Waals surface area contributed by atoms with Crippen molar-refractivity contribution < 1.29 is 24.2 Å².